The second-order valence-electron chi connectivity index (χ2n) is 10.2. The van der Waals surface area contributed by atoms with E-state index in [9.17, 15) is 14.7 Å². The first-order chi connectivity index (χ1) is 20.8. The Morgan fingerprint density at radius 1 is 0.767 bits per heavy atom. The minimum Gasteiger partial charge on any atom is -0.494 e. The second kappa shape index (κ2) is 16.0. The number of nitrogens with one attached hydrogen (secondary N) is 1. The predicted molar refractivity (Wildman–Crippen MR) is 172 cm³/mol. The lowest BCUT2D eigenvalue weighted by molar-refractivity contribution is -0.139. The SMILES string of the molecule is CCCCCCCOc1ccc(CNC(=O)c2cc(-c3cccc(Cl)c3)c(OCC(=O)O)c(-c3cccc(Cl)c3)c2)cc1. The molecule has 224 valence electrons. The molecule has 0 spiro atoms. The van der Waals surface area contributed by atoms with Gasteiger partial charge in [0.2, 0.25) is 0 Å². The quantitative estimate of drug-likeness (QED) is 0.130. The minimum atomic E-state index is -1.13. The number of hydrogen-bond acceptors (Lipinski definition) is 4. The summed E-state index contributed by atoms with van der Waals surface area (Å²) in [7, 11) is 0. The monoisotopic (exact) mass is 619 g/mol. The van der Waals surface area contributed by atoms with Gasteiger partial charge in [-0.2, -0.15) is 0 Å². The van der Waals surface area contributed by atoms with Crippen molar-refractivity contribution in [1.29, 1.82) is 0 Å². The van der Waals surface area contributed by atoms with E-state index in [2.05, 4.69) is 12.2 Å². The van der Waals surface area contributed by atoms with Gasteiger partial charge in [0.1, 0.15) is 11.5 Å². The smallest absolute Gasteiger partial charge is 0.341 e. The molecular weight excluding hydrogens is 585 g/mol. The molecule has 0 saturated heterocycles. The largest absolute Gasteiger partial charge is 0.494 e. The van der Waals surface area contributed by atoms with Crippen LogP contribution >= 0.6 is 23.2 Å². The van der Waals surface area contributed by atoms with E-state index in [4.69, 9.17) is 32.7 Å². The lowest BCUT2D eigenvalue weighted by atomic mass is 9.94. The highest BCUT2D eigenvalue weighted by Crippen LogP contribution is 2.41. The number of unbranched alkanes of at least 4 members (excludes halogenated alkanes) is 4. The molecule has 4 aromatic carbocycles. The fourth-order valence-electron chi connectivity index (χ4n) is 4.67. The molecule has 2 N–H and O–H groups in total. The number of hydrogen-bond donors (Lipinski definition) is 2. The zero-order valence-electron chi connectivity index (χ0n) is 24.1. The van der Waals surface area contributed by atoms with Gasteiger partial charge in [-0.1, -0.05) is 92.2 Å². The Hall–Kier alpha value is -4.00. The first kappa shape index (κ1) is 31.9. The van der Waals surface area contributed by atoms with Crippen molar-refractivity contribution < 1.29 is 24.2 Å². The molecule has 0 bridgehead atoms. The number of amides is 1. The fraction of sp³-hybridized carbons (Fsp3) is 0.257. The fourth-order valence-corrected chi connectivity index (χ4v) is 5.05. The molecular formula is C35H35Cl2NO5. The summed E-state index contributed by atoms with van der Waals surface area (Å²) in [4.78, 5) is 24.9. The highest BCUT2D eigenvalue weighted by atomic mass is 35.5. The van der Waals surface area contributed by atoms with Crippen LogP contribution in [0, 0.1) is 0 Å². The van der Waals surface area contributed by atoms with E-state index in [-0.39, 0.29) is 5.91 Å². The zero-order chi connectivity index (χ0) is 30.6. The number of carbonyl (C=O) groups is 2. The molecule has 0 saturated carbocycles. The molecule has 6 nitrogen and oxygen atoms in total. The summed E-state index contributed by atoms with van der Waals surface area (Å²) in [5, 5.41) is 13.3. The average Bonchev–Trinajstić information content (AvgIpc) is 3.00. The van der Waals surface area contributed by atoms with Gasteiger partial charge < -0.3 is 19.9 Å². The Kier molecular flexibility index (Phi) is 11.9. The predicted octanol–water partition coefficient (Wildman–Crippen LogP) is 9.07. The van der Waals surface area contributed by atoms with Gasteiger partial charge in [0.15, 0.2) is 6.61 Å². The first-order valence-electron chi connectivity index (χ1n) is 14.4. The number of halogens is 2. The van der Waals surface area contributed by atoms with Crippen molar-refractivity contribution >= 4 is 35.1 Å². The van der Waals surface area contributed by atoms with Crippen LogP contribution in [0.1, 0.15) is 54.9 Å². The number of rotatable bonds is 15. The normalized spacial score (nSPS) is 10.8. The van der Waals surface area contributed by atoms with E-state index in [1.54, 1.807) is 48.5 Å². The maximum Gasteiger partial charge on any atom is 0.341 e. The molecule has 43 heavy (non-hydrogen) atoms. The summed E-state index contributed by atoms with van der Waals surface area (Å²) in [6, 6.07) is 25.2. The van der Waals surface area contributed by atoms with Crippen LogP contribution in [-0.2, 0) is 11.3 Å². The Labute approximate surface area is 262 Å². The van der Waals surface area contributed by atoms with Gasteiger partial charge in [-0.25, -0.2) is 4.79 Å². The lowest BCUT2D eigenvalue weighted by Crippen LogP contribution is -2.23. The Balaban J connectivity index is 1.58. The molecule has 0 radical (unpaired) electrons. The lowest BCUT2D eigenvalue weighted by Gasteiger charge is -2.18. The summed E-state index contributed by atoms with van der Waals surface area (Å²) in [5.74, 6) is -0.313. The third-order valence-corrected chi connectivity index (χ3v) is 7.33. The van der Waals surface area contributed by atoms with Crippen LogP contribution in [0.3, 0.4) is 0 Å². The van der Waals surface area contributed by atoms with Gasteiger partial charge in [-0.3, -0.25) is 4.79 Å². The summed E-state index contributed by atoms with van der Waals surface area (Å²) < 4.78 is 11.7. The highest BCUT2D eigenvalue weighted by molar-refractivity contribution is 6.31. The highest BCUT2D eigenvalue weighted by Gasteiger charge is 2.20. The minimum absolute atomic E-state index is 0.302. The third kappa shape index (κ3) is 9.50. The molecule has 0 unspecified atom stereocenters. The van der Waals surface area contributed by atoms with Crippen molar-refractivity contribution in [3.63, 3.8) is 0 Å². The van der Waals surface area contributed by atoms with Gasteiger partial charge in [0.05, 0.1) is 6.61 Å². The molecule has 0 aliphatic carbocycles. The van der Waals surface area contributed by atoms with Crippen LogP contribution in [0.2, 0.25) is 10.0 Å². The Bertz CT molecular complexity index is 1470. The van der Waals surface area contributed by atoms with Crippen LogP contribution in [-0.4, -0.2) is 30.2 Å². The molecule has 0 aliphatic heterocycles. The van der Waals surface area contributed by atoms with E-state index in [0.29, 0.717) is 56.8 Å². The topological polar surface area (TPSA) is 84.9 Å². The van der Waals surface area contributed by atoms with Crippen molar-refractivity contribution in [3.05, 3.63) is 106 Å². The molecule has 0 aromatic heterocycles. The number of carbonyl (C=O) groups excluding carboxylic acids is 1. The number of aliphatic carboxylic acids is 1. The van der Waals surface area contributed by atoms with Crippen LogP contribution in [0.4, 0.5) is 0 Å². The Morgan fingerprint density at radius 2 is 1.37 bits per heavy atom. The van der Waals surface area contributed by atoms with Gasteiger partial charge in [0.25, 0.3) is 5.91 Å². The zero-order valence-corrected chi connectivity index (χ0v) is 25.6. The maximum absolute atomic E-state index is 13.5. The molecule has 4 aromatic rings. The summed E-state index contributed by atoms with van der Waals surface area (Å²) in [6.07, 6.45) is 5.91. The molecule has 0 atom stereocenters. The van der Waals surface area contributed by atoms with E-state index in [0.717, 1.165) is 17.7 Å². The van der Waals surface area contributed by atoms with Crippen molar-refractivity contribution in [2.24, 2.45) is 0 Å². The van der Waals surface area contributed by atoms with Crippen molar-refractivity contribution in [2.75, 3.05) is 13.2 Å². The van der Waals surface area contributed by atoms with Crippen LogP contribution in [0.5, 0.6) is 11.5 Å². The van der Waals surface area contributed by atoms with Crippen molar-refractivity contribution in [3.8, 4) is 33.8 Å². The second-order valence-corrected chi connectivity index (χ2v) is 11.1. The van der Waals surface area contributed by atoms with Crippen LogP contribution in [0.25, 0.3) is 22.3 Å². The van der Waals surface area contributed by atoms with Crippen molar-refractivity contribution in [2.45, 2.75) is 45.6 Å². The molecule has 0 aliphatic rings. The number of carboxylic acid groups (broad SMARTS) is 1. The maximum atomic E-state index is 13.5. The summed E-state index contributed by atoms with van der Waals surface area (Å²) >= 11 is 12.6. The van der Waals surface area contributed by atoms with Gasteiger partial charge >= 0.3 is 5.97 Å². The number of ether oxygens (including phenoxy) is 2. The van der Waals surface area contributed by atoms with E-state index < -0.39 is 12.6 Å². The molecule has 0 heterocycles. The third-order valence-electron chi connectivity index (χ3n) is 6.86. The van der Waals surface area contributed by atoms with Crippen molar-refractivity contribution in [1.82, 2.24) is 5.32 Å². The van der Waals surface area contributed by atoms with Gasteiger partial charge in [0, 0.05) is 33.3 Å². The summed E-state index contributed by atoms with van der Waals surface area (Å²) in [5.41, 5.74) is 3.70. The molecule has 4 rings (SSSR count). The molecule has 8 heteroatoms. The average molecular weight is 621 g/mol. The van der Waals surface area contributed by atoms with E-state index in [1.165, 1.54) is 25.7 Å². The number of carboxylic acids is 1. The van der Waals surface area contributed by atoms with E-state index >= 15 is 0 Å². The van der Waals surface area contributed by atoms with Gasteiger partial charge in [-0.05, 0) is 71.6 Å². The number of benzene rings is 4. The first-order valence-corrected chi connectivity index (χ1v) is 15.1. The standard InChI is InChI=1S/C35H35Cl2NO5/c1-2-3-4-5-6-17-42-30-15-13-24(14-16-30)22-38-35(41)27-20-31(25-9-7-11-28(36)18-25)34(43-23-33(39)40)32(21-27)26-10-8-12-29(37)19-26/h7-16,18-21H,2-6,17,22-23H2,1H3,(H,38,41)(H,39,40). The Morgan fingerprint density at radius 3 is 1.93 bits per heavy atom. The van der Waals surface area contributed by atoms with Gasteiger partial charge in [-0.15, -0.1) is 0 Å². The van der Waals surface area contributed by atoms with Crippen LogP contribution in [0.15, 0.2) is 84.9 Å². The molecule has 0 fully saturated rings. The van der Waals surface area contributed by atoms with Crippen LogP contribution < -0.4 is 14.8 Å². The van der Waals surface area contributed by atoms with E-state index in [1.807, 2.05) is 36.4 Å². The molecule has 1 amide bonds. The summed E-state index contributed by atoms with van der Waals surface area (Å²) in [6.45, 7) is 2.64.